The van der Waals surface area contributed by atoms with E-state index in [1.54, 1.807) is 17.5 Å². The minimum Gasteiger partial charge on any atom is -0.305 e. The number of thiophene rings is 2. The number of anilines is 1. The van der Waals surface area contributed by atoms with Gasteiger partial charge in [-0.15, -0.1) is 0 Å². The van der Waals surface area contributed by atoms with E-state index in [4.69, 9.17) is 4.98 Å². The summed E-state index contributed by atoms with van der Waals surface area (Å²) in [6.07, 6.45) is 7.35. The van der Waals surface area contributed by atoms with Gasteiger partial charge >= 0.3 is 5.00 Å². The normalized spacial score (nSPS) is 14.7. The fraction of sp³-hybridized carbons (Fsp3) is 0.300. The van der Waals surface area contributed by atoms with Gasteiger partial charge < -0.3 is 5.32 Å². The Balaban J connectivity index is 1.56. The van der Waals surface area contributed by atoms with E-state index in [9.17, 15) is 14.9 Å². The number of hydrogen-bond donors (Lipinski definition) is 1. The summed E-state index contributed by atoms with van der Waals surface area (Å²) in [4.78, 5) is 32.9. The van der Waals surface area contributed by atoms with Crippen molar-refractivity contribution >= 4 is 50.4 Å². The molecule has 1 aliphatic carbocycles. The van der Waals surface area contributed by atoms with E-state index in [0.717, 1.165) is 42.6 Å². The third-order valence-corrected chi connectivity index (χ3v) is 7.10. The van der Waals surface area contributed by atoms with Gasteiger partial charge in [0, 0.05) is 17.0 Å². The zero-order valence-electron chi connectivity index (χ0n) is 16.4. The molecule has 31 heavy (non-hydrogen) atoms. The number of nitrogens with one attached hydrogen (secondary N) is 1. The first-order valence-electron chi connectivity index (χ1n) is 9.93. The van der Waals surface area contributed by atoms with Crippen LogP contribution in [0.2, 0.25) is 0 Å². The fourth-order valence-electron chi connectivity index (χ4n) is 3.85. The molecule has 1 fully saturated rings. The van der Waals surface area contributed by atoms with E-state index in [-0.39, 0.29) is 15.9 Å². The van der Waals surface area contributed by atoms with Crippen molar-refractivity contribution < 1.29 is 9.72 Å². The van der Waals surface area contributed by atoms with Crippen molar-refractivity contribution in [3.8, 4) is 11.4 Å². The second-order valence-electron chi connectivity index (χ2n) is 7.38. The molecule has 0 spiro atoms. The predicted octanol–water partition coefficient (Wildman–Crippen LogP) is 5.28. The number of fused-ring (bicyclic) bond motifs is 1. The zero-order chi connectivity index (χ0) is 21.4. The number of nitrogens with zero attached hydrogens (tertiary/aromatic N) is 5. The lowest BCUT2D eigenvalue weighted by Gasteiger charge is -2.22. The van der Waals surface area contributed by atoms with E-state index in [1.807, 2.05) is 21.5 Å². The number of amides is 1. The third-order valence-electron chi connectivity index (χ3n) is 5.38. The van der Waals surface area contributed by atoms with Crippen molar-refractivity contribution in [2.75, 3.05) is 5.32 Å². The molecule has 0 atom stereocenters. The van der Waals surface area contributed by atoms with Crippen molar-refractivity contribution in [1.82, 2.24) is 19.7 Å². The Hall–Kier alpha value is -3.18. The number of rotatable bonds is 5. The number of carbonyl (C=O) groups is 1. The maximum absolute atomic E-state index is 12.8. The summed E-state index contributed by atoms with van der Waals surface area (Å²) in [5.41, 5.74) is 1.56. The number of aromatic nitrogens is 4. The van der Waals surface area contributed by atoms with Crippen molar-refractivity contribution in [3.05, 3.63) is 50.1 Å². The molecule has 1 amide bonds. The lowest BCUT2D eigenvalue weighted by atomic mass is 9.96. The Morgan fingerprint density at radius 3 is 2.74 bits per heavy atom. The van der Waals surface area contributed by atoms with Gasteiger partial charge in [0.25, 0.3) is 5.91 Å². The van der Waals surface area contributed by atoms with Crippen LogP contribution in [0.15, 0.2) is 35.2 Å². The first-order valence-corrected chi connectivity index (χ1v) is 11.7. The van der Waals surface area contributed by atoms with Crippen LogP contribution in [0.1, 0.15) is 47.8 Å². The van der Waals surface area contributed by atoms with E-state index in [2.05, 4.69) is 15.4 Å². The maximum Gasteiger partial charge on any atom is 0.324 e. The molecule has 4 heterocycles. The average Bonchev–Trinajstić information content (AvgIpc) is 3.54. The Morgan fingerprint density at radius 1 is 1.19 bits per heavy atom. The highest BCUT2D eigenvalue weighted by Crippen LogP contribution is 2.33. The van der Waals surface area contributed by atoms with Gasteiger partial charge in [-0.3, -0.25) is 14.9 Å². The van der Waals surface area contributed by atoms with Crippen molar-refractivity contribution in [2.24, 2.45) is 0 Å². The molecule has 0 saturated heterocycles. The molecule has 4 aromatic rings. The average molecular weight is 455 g/mol. The summed E-state index contributed by atoms with van der Waals surface area (Å²) in [6, 6.07) is 4.98. The van der Waals surface area contributed by atoms with Gasteiger partial charge in [-0.05, 0) is 30.4 Å². The molecule has 0 radical (unpaired) electrons. The highest BCUT2D eigenvalue weighted by atomic mass is 32.1. The van der Waals surface area contributed by atoms with Crippen LogP contribution in [0, 0.1) is 10.1 Å². The van der Waals surface area contributed by atoms with Crippen molar-refractivity contribution in [2.45, 2.75) is 38.1 Å². The minimum atomic E-state index is -0.507. The fourth-order valence-corrected chi connectivity index (χ4v) is 5.20. The lowest BCUT2D eigenvalue weighted by molar-refractivity contribution is -0.380. The van der Waals surface area contributed by atoms with Gasteiger partial charge in [0.2, 0.25) is 0 Å². The Labute approximate surface area is 184 Å². The van der Waals surface area contributed by atoms with Crippen molar-refractivity contribution in [1.29, 1.82) is 0 Å². The van der Waals surface area contributed by atoms with Gasteiger partial charge in [-0.25, -0.2) is 14.6 Å². The third kappa shape index (κ3) is 3.81. The molecule has 1 N–H and O–H groups in total. The Morgan fingerprint density at radius 2 is 2.03 bits per heavy atom. The smallest absolute Gasteiger partial charge is 0.305 e. The molecule has 9 nitrogen and oxygen atoms in total. The van der Waals surface area contributed by atoms with Crippen LogP contribution in [0.3, 0.4) is 0 Å². The standard InChI is InChI=1S/C20H18N6O3S2/c27-20(15-6-7-16(31-15)26(28)29)24-18-14-10-21-25(13-4-2-1-3-5-13)19(14)23-17(22-18)12-8-9-30-11-12/h6-11,13H,1-5H2,(H,22,23,24,27). The molecule has 1 aliphatic rings. The Kier molecular flexibility index (Phi) is 5.20. The molecule has 0 aliphatic heterocycles. The summed E-state index contributed by atoms with van der Waals surface area (Å²) in [7, 11) is 0. The van der Waals surface area contributed by atoms with Gasteiger partial charge in [0.05, 0.1) is 27.4 Å². The van der Waals surface area contributed by atoms with E-state index < -0.39 is 10.8 Å². The van der Waals surface area contributed by atoms with E-state index in [1.165, 1.54) is 18.6 Å². The van der Waals surface area contributed by atoms with Gasteiger partial charge in [0.1, 0.15) is 5.82 Å². The van der Waals surface area contributed by atoms with Gasteiger partial charge in [0.15, 0.2) is 11.5 Å². The number of hydrogen-bond acceptors (Lipinski definition) is 8. The van der Waals surface area contributed by atoms with Gasteiger partial charge in [-0.2, -0.15) is 16.4 Å². The van der Waals surface area contributed by atoms with Crippen LogP contribution < -0.4 is 5.32 Å². The van der Waals surface area contributed by atoms with Crippen LogP contribution in [0.5, 0.6) is 0 Å². The SMILES string of the molecule is O=C(Nc1nc(-c2ccsc2)nc2c1cnn2C1CCCCC1)c1ccc([N+](=O)[O-])s1. The molecule has 0 aromatic carbocycles. The minimum absolute atomic E-state index is 0.0814. The Bertz CT molecular complexity index is 1260. The lowest BCUT2D eigenvalue weighted by Crippen LogP contribution is -2.15. The van der Waals surface area contributed by atoms with Crippen molar-refractivity contribution in [3.63, 3.8) is 0 Å². The number of nitro groups is 1. The topological polar surface area (TPSA) is 116 Å². The summed E-state index contributed by atoms with van der Waals surface area (Å²) in [5.74, 6) is 0.424. The van der Waals surface area contributed by atoms with Crippen LogP contribution in [0.25, 0.3) is 22.4 Å². The van der Waals surface area contributed by atoms with E-state index in [0.29, 0.717) is 22.7 Å². The largest absolute Gasteiger partial charge is 0.324 e. The van der Waals surface area contributed by atoms with Crippen LogP contribution in [-0.2, 0) is 0 Å². The first kappa shape index (κ1) is 19.8. The summed E-state index contributed by atoms with van der Waals surface area (Å²) in [5, 5.41) is 22.8. The highest BCUT2D eigenvalue weighted by molar-refractivity contribution is 7.17. The molecular weight excluding hydrogens is 436 g/mol. The second kappa shape index (κ2) is 8.16. The maximum atomic E-state index is 12.8. The quantitative estimate of drug-likeness (QED) is 0.324. The zero-order valence-corrected chi connectivity index (χ0v) is 18.0. The van der Waals surface area contributed by atoms with Crippen LogP contribution in [-0.4, -0.2) is 30.6 Å². The number of carbonyl (C=O) groups excluding carboxylic acids is 1. The van der Waals surface area contributed by atoms with Crippen LogP contribution >= 0.6 is 22.7 Å². The molecule has 11 heteroatoms. The van der Waals surface area contributed by atoms with Gasteiger partial charge in [-0.1, -0.05) is 30.6 Å². The first-order chi connectivity index (χ1) is 15.1. The highest BCUT2D eigenvalue weighted by Gasteiger charge is 2.23. The molecule has 0 unspecified atom stereocenters. The molecule has 0 bridgehead atoms. The monoisotopic (exact) mass is 454 g/mol. The van der Waals surface area contributed by atoms with E-state index >= 15 is 0 Å². The molecule has 4 aromatic heterocycles. The summed E-state index contributed by atoms with van der Waals surface area (Å²) >= 11 is 2.37. The molecule has 1 saturated carbocycles. The molecule has 158 valence electrons. The second-order valence-corrected chi connectivity index (χ2v) is 9.22. The molecule has 5 rings (SSSR count). The summed E-state index contributed by atoms with van der Waals surface area (Å²) in [6.45, 7) is 0. The molecular formula is C20H18N6O3S2. The van der Waals surface area contributed by atoms with Crippen LogP contribution in [0.4, 0.5) is 10.8 Å². The predicted molar refractivity (Wildman–Crippen MR) is 120 cm³/mol. The summed E-state index contributed by atoms with van der Waals surface area (Å²) < 4.78 is 1.96.